The van der Waals surface area contributed by atoms with Gasteiger partial charge in [-0.15, -0.1) is 0 Å². The standard InChI is InChI=1S/C9H9Br.C9H9Cl/c2*1-3-8-5-4-6-9(10)7(8)2/h2*3-6H,1H2,2H3. The van der Waals surface area contributed by atoms with Crippen LogP contribution in [0.1, 0.15) is 22.3 Å². The van der Waals surface area contributed by atoms with Gasteiger partial charge in [0, 0.05) is 9.50 Å². The van der Waals surface area contributed by atoms with E-state index in [2.05, 4.69) is 36.0 Å². The van der Waals surface area contributed by atoms with E-state index in [4.69, 9.17) is 11.6 Å². The lowest BCUT2D eigenvalue weighted by Gasteiger charge is -2.00. The quantitative estimate of drug-likeness (QED) is 0.566. The molecule has 0 bridgehead atoms. The summed E-state index contributed by atoms with van der Waals surface area (Å²) in [6.07, 6.45) is 3.67. The van der Waals surface area contributed by atoms with Gasteiger partial charge in [-0.1, -0.05) is 77.1 Å². The fourth-order valence-electron chi connectivity index (χ4n) is 1.69. The van der Waals surface area contributed by atoms with Crippen LogP contribution in [0.25, 0.3) is 12.2 Å². The zero-order valence-corrected chi connectivity index (χ0v) is 14.1. The predicted octanol–water partition coefficient (Wildman–Crippen LogP) is 6.69. The average Bonchev–Trinajstić information content (AvgIpc) is 2.45. The van der Waals surface area contributed by atoms with Crippen LogP contribution in [0.3, 0.4) is 0 Å². The minimum Gasteiger partial charge on any atom is -0.0985 e. The Morgan fingerprint density at radius 2 is 1.40 bits per heavy atom. The summed E-state index contributed by atoms with van der Waals surface area (Å²) in [5.41, 5.74) is 4.64. The summed E-state index contributed by atoms with van der Waals surface area (Å²) in [4.78, 5) is 0. The summed E-state index contributed by atoms with van der Waals surface area (Å²) in [6.45, 7) is 11.4. The van der Waals surface area contributed by atoms with Crippen LogP contribution in [-0.2, 0) is 0 Å². The van der Waals surface area contributed by atoms with Gasteiger partial charge in [0.2, 0.25) is 0 Å². The van der Waals surface area contributed by atoms with E-state index < -0.39 is 0 Å². The molecule has 0 N–H and O–H groups in total. The monoisotopic (exact) mass is 348 g/mol. The van der Waals surface area contributed by atoms with E-state index in [1.165, 1.54) is 11.1 Å². The molecular formula is C18H18BrCl. The van der Waals surface area contributed by atoms with Crippen molar-refractivity contribution >= 4 is 39.7 Å². The maximum atomic E-state index is 5.84. The molecule has 0 fully saturated rings. The zero-order chi connectivity index (χ0) is 15.1. The fourth-order valence-corrected chi connectivity index (χ4v) is 2.25. The lowest BCUT2D eigenvalue weighted by Crippen LogP contribution is -1.79. The molecule has 20 heavy (non-hydrogen) atoms. The first-order chi connectivity index (χ1) is 9.51. The number of hydrogen-bond acceptors (Lipinski definition) is 0. The molecule has 0 atom stereocenters. The second-order valence-electron chi connectivity index (χ2n) is 4.32. The van der Waals surface area contributed by atoms with Crippen molar-refractivity contribution in [3.05, 3.63) is 81.3 Å². The second-order valence-corrected chi connectivity index (χ2v) is 5.58. The molecule has 0 aliphatic heterocycles. The minimum absolute atomic E-state index is 0.803. The molecule has 0 nitrogen and oxygen atoms in total. The Morgan fingerprint density at radius 1 is 0.900 bits per heavy atom. The molecule has 0 amide bonds. The van der Waals surface area contributed by atoms with Crippen LogP contribution in [0.4, 0.5) is 0 Å². The lowest BCUT2D eigenvalue weighted by molar-refractivity contribution is 1.41. The summed E-state index contributed by atoms with van der Waals surface area (Å²) < 4.78 is 1.14. The molecule has 0 unspecified atom stereocenters. The third kappa shape index (κ3) is 4.36. The molecule has 0 spiro atoms. The van der Waals surface area contributed by atoms with Gasteiger partial charge in [-0.05, 0) is 48.2 Å². The van der Waals surface area contributed by atoms with Gasteiger partial charge in [-0.2, -0.15) is 0 Å². The van der Waals surface area contributed by atoms with Crippen LogP contribution >= 0.6 is 27.5 Å². The van der Waals surface area contributed by atoms with Crippen molar-refractivity contribution in [2.75, 3.05) is 0 Å². The fraction of sp³-hybridized carbons (Fsp3) is 0.111. The summed E-state index contributed by atoms with van der Waals surface area (Å²) in [5.74, 6) is 0. The smallest absolute Gasteiger partial charge is 0.0441 e. The van der Waals surface area contributed by atoms with Crippen molar-refractivity contribution in [3.8, 4) is 0 Å². The van der Waals surface area contributed by atoms with Crippen molar-refractivity contribution in [3.63, 3.8) is 0 Å². The van der Waals surface area contributed by atoms with Crippen molar-refractivity contribution in [2.45, 2.75) is 13.8 Å². The summed E-state index contributed by atoms with van der Waals surface area (Å²) in [7, 11) is 0. The highest BCUT2D eigenvalue weighted by Crippen LogP contribution is 2.20. The molecule has 0 aliphatic carbocycles. The van der Waals surface area contributed by atoms with Crippen LogP contribution in [0.15, 0.2) is 54.0 Å². The van der Waals surface area contributed by atoms with Crippen molar-refractivity contribution in [1.29, 1.82) is 0 Å². The summed E-state index contributed by atoms with van der Waals surface area (Å²) in [5, 5.41) is 0.803. The SMILES string of the molecule is C=Cc1cccc(Br)c1C.C=Cc1cccc(Cl)c1C. The number of hydrogen-bond donors (Lipinski definition) is 0. The Morgan fingerprint density at radius 3 is 1.85 bits per heavy atom. The summed E-state index contributed by atoms with van der Waals surface area (Å²) in [6, 6.07) is 11.9. The minimum atomic E-state index is 0.803. The van der Waals surface area contributed by atoms with Crippen LogP contribution in [0.5, 0.6) is 0 Å². The highest BCUT2D eigenvalue weighted by atomic mass is 79.9. The van der Waals surface area contributed by atoms with Gasteiger partial charge in [0.1, 0.15) is 0 Å². The molecule has 2 rings (SSSR count). The maximum Gasteiger partial charge on any atom is 0.0441 e. The molecule has 2 aromatic rings. The molecule has 104 valence electrons. The van der Waals surface area contributed by atoms with Gasteiger partial charge in [0.25, 0.3) is 0 Å². The predicted molar refractivity (Wildman–Crippen MR) is 95.3 cm³/mol. The average molecular weight is 350 g/mol. The Hall–Kier alpha value is -1.31. The topological polar surface area (TPSA) is 0 Å². The van der Waals surface area contributed by atoms with Gasteiger partial charge in [-0.3, -0.25) is 0 Å². The second kappa shape index (κ2) is 8.08. The molecular weight excluding hydrogens is 332 g/mol. The molecule has 0 aliphatic rings. The van der Waals surface area contributed by atoms with E-state index in [1.807, 2.05) is 49.4 Å². The van der Waals surface area contributed by atoms with E-state index in [-0.39, 0.29) is 0 Å². The first-order valence-corrected chi connectivity index (χ1v) is 7.43. The van der Waals surface area contributed by atoms with Gasteiger partial charge in [0.05, 0.1) is 0 Å². The van der Waals surface area contributed by atoms with E-state index in [0.717, 1.165) is 20.6 Å². The summed E-state index contributed by atoms with van der Waals surface area (Å²) >= 11 is 9.28. The number of rotatable bonds is 2. The molecule has 0 heterocycles. The zero-order valence-electron chi connectivity index (χ0n) is 11.8. The van der Waals surface area contributed by atoms with Gasteiger partial charge in [-0.25, -0.2) is 0 Å². The van der Waals surface area contributed by atoms with Crippen molar-refractivity contribution < 1.29 is 0 Å². The first-order valence-electron chi connectivity index (χ1n) is 6.26. The van der Waals surface area contributed by atoms with E-state index in [0.29, 0.717) is 0 Å². The van der Waals surface area contributed by atoms with E-state index >= 15 is 0 Å². The molecule has 0 saturated heterocycles. The van der Waals surface area contributed by atoms with Gasteiger partial charge in [0.15, 0.2) is 0 Å². The van der Waals surface area contributed by atoms with Crippen LogP contribution < -0.4 is 0 Å². The Kier molecular flexibility index (Phi) is 6.77. The largest absolute Gasteiger partial charge is 0.0985 e. The van der Waals surface area contributed by atoms with E-state index in [9.17, 15) is 0 Å². The molecule has 0 saturated carbocycles. The molecule has 0 aromatic heterocycles. The van der Waals surface area contributed by atoms with Crippen LogP contribution in [-0.4, -0.2) is 0 Å². The highest BCUT2D eigenvalue weighted by Gasteiger charge is 1.96. The Bertz CT molecular complexity index is 559. The Balaban J connectivity index is 0.000000200. The first kappa shape index (κ1) is 16.7. The molecule has 0 radical (unpaired) electrons. The normalized spacial score (nSPS) is 9.40. The van der Waals surface area contributed by atoms with Gasteiger partial charge < -0.3 is 0 Å². The lowest BCUT2D eigenvalue weighted by atomic mass is 10.1. The molecule has 2 aromatic carbocycles. The van der Waals surface area contributed by atoms with Crippen molar-refractivity contribution in [2.24, 2.45) is 0 Å². The Labute approximate surface area is 134 Å². The van der Waals surface area contributed by atoms with E-state index in [1.54, 1.807) is 6.08 Å². The third-order valence-corrected chi connectivity index (χ3v) is 4.33. The highest BCUT2D eigenvalue weighted by molar-refractivity contribution is 9.10. The third-order valence-electron chi connectivity index (χ3n) is 3.06. The van der Waals surface area contributed by atoms with Crippen molar-refractivity contribution in [1.82, 2.24) is 0 Å². The maximum absolute atomic E-state index is 5.84. The van der Waals surface area contributed by atoms with Crippen LogP contribution in [0, 0.1) is 13.8 Å². The van der Waals surface area contributed by atoms with Crippen LogP contribution in [0.2, 0.25) is 5.02 Å². The van der Waals surface area contributed by atoms with Gasteiger partial charge >= 0.3 is 0 Å². The number of halogens is 2. The number of benzene rings is 2. The molecule has 2 heteroatoms.